The van der Waals surface area contributed by atoms with E-state index in [0.717, 1.165) is 85.1 Å². The Bertz CT molecular complexity index is 3980. The number of para-hydroxylation sites is 1. The zero-order chi connectivity index (χ0) is 47.3. The van der Waals surface area contributed by atoms with E-state index in [4.69, 9.17) is 29.3 Å². The lowest BCUT2D eigenvalue weighted by atomic mass is 9.55. The van der Waals surface area contributed by atoms with Gasteiger partial charge >= 0.3 is 0 Å². The molecule has 0 fully saturated rings. The van der Waals surface area contributed by atoms with E-state index in [1.54, 1.807) is 0 Å². The van der Waals surface area contributed by atoms with Crippen molar-refractivity contribution in [2.45, 2.75) is 37.5 Å². The van der Waals surface area contributed by atoms with Gasteiger partial charge in [0, 0.05) is 38.6 Å². The third-order valence-electron chi connectivity index (χ3n) is 15.1. The minimum absolute atomic E-state index is 0.251. The van der Waals surface area contributed by atoms with Crippen molar-refractivity contribution < 1.29 is 4.42 Å². The van der Waals surface area contributed by atoms with Gasteiger partial charge in [0.25, 0.3) is 0 Å². The number of allylic oxidation sites excluding steroid dienone is 4. The van der Waals surface area contributed by atoms with E-state index in [1.807, 2.05) is 42.5 Å². The van der Waals surface area contributed by atoms with Crippen LogP contribution >= 0.6 is 0 Å². The predicted molar refractivity (Wildman–Crippen MR) is 286 cm³/mol. The van der Waals surface area contributed by atoms with Gasteiger partial charge in [0.05, 0.1) is 5.41 Å². The van der Waals surface area contributed by atoms with Gasteiger partial charge in [0.15, 0.2) is 28.9 Å². The first-order valence-electron chi connectivity index (χ1n) is 24.5. The van der Waals surface area contributed by atoms with E-state index in [-0.39, 0.29) is 5.41 Å². The summed E-state index contributed by atoms with van der Waals surface area (Å²) in [6, 6.07) is 69.1. The second-order valence-corrected chi connectivity index (χ2v) is 19.4. The number of nitrogens with zero attached hydrogens (tertiary/aromatic N) is 5. The van der Waals surface area contributed by atoms with Crippen LogP contribution in [-0.2, 0) is 10.8 Å². The van der Waals surface area contributed by atoms with Crippen LogP contribution in [0.25, 0.3) is 95.3 Å². The smallest absolute Gasteiger partial charge is 0.180 e. The summed E-state index contributed by atoms with van der Waals surface area (Å²) < 4.78 is 6.66. The van der Waals surface area contributed by atoms with E-state index >= 15 is 0 Å². The lowest BCUT2D eigenvalue weighted by Crippen LogP contribution is -2.40. The van der Waals surface area contributed by atoms with Crippen molar-refractivity contribution in [2.75, 3.05) is 0 Å². The van der Waals surface area contributed by atoms with Gasteiger partial charge in [-0.3, -0.25) is 0 Å². The summed E-state index contributed by atoms with van der Waals surface area (Å²) in [5.41, 5.74) is 18.7. The van der Waals surface area contributed by atoms with Crippen molar-refractivity contribution in [3.05, 3.63) is 252 Å². The van der Waals surface area contributed by atoms with Gasteiger partial charge in [0.1, 0.15) is 16.8 Å². The Kier molecular flexibility index (Phi) is 9.18. The van der Waals surface area contributed by atoms with Crippen LogP contribution < -0.4 is 0 Å². The molecule has 0 amide bonds. The molecule has 0 atom stereocenters. The van der Waals surface area contributed by atoms with Gasteiger partial charge in [0.2, 0.25) is 0 Å². The van der Waals surface area contributed by atoms with Crippen LogP contribution in [-0.4, -0.2) is 24.9 Å². The molecule has 11 aromatic rings. The van der Waals surface area contributed by atoms with Gasteiger partial charge in [-0.1, -0.05) is 202 Å². The highest BCUT2D eigenvalue weighted by Gasteiger charge is 2.54. The lowest BCUT2D eigenvalue weighted by molar-refractivity contribution is 0.563. The molecule has 1 spiro atoms. The molecule has 0 bridgehead atoms. The zero-order valence-corrected chi connectivity index (χ0v) is 39.3. The summed E-state index contributed by atoms with van der Waals surface area (Å²) in [5.74, 6) is 2.54. The fraction of sp³-hybridized carbons (Fsp3) is 0.0923. The highest BCUT2D eigenvalue weighted by atomic mass is 16.3. The molecule has 3 heterocycles. The number of fused-ring (bicyclic) bond motifs is 12. The van der Waals surface area contributed by atoms with E-state index in [9.17, 15) is 0 Å². The molecule has 3 aliphatic carbocycles. The average molecular weight is 912 g/mol. The fourth-order valence-electron chi connectivity index (χ4n) is 11.8. The molecular weight excluding hydrogens is 867 g/mol. The van der Waals surface area contributed by atoms with Crippen molar-refractivity contribution in [3.8, 4) is 67.7 Å². The maximum Gasteiger partial charge on any atom is 0.180 e. The molecule has 3 aromatic heterocycles. The minimum atomic E-state index is -0.663. The first kappa shape index (κ1) is 41.1. The van der Waals surface area contributed by atoms with Gasteiger partial charge < -0.3 is 4.42 Å². The van der Waals surface area contributed by atoms with Crippen molar-refractivity contribution in [2.24, 2.45) is 0 Å². The highest BCUT2D eigenvalue weighted by Crippen LogP contribution is 2.63. The molecule has 8 aromatic carbocycles. The number of hydrogen-bond donors (Lipinski definition) is 0. The van der Waals surface area contributed by atoms with E-state index < -0.39 is 5.41 Å². The topological polar surface area (TPSA) is 77.6 Å². The summed E-state index contributed by atoms with van der Waals surface area (Å²) in [4.78, 5) is 26.8. The zero-order valence-electron chi connectivity index (χ0n) is 39.3. The Morgan fingerprint density at radius 1 is 0.423 bits per heavy atom. The molecule has 0 aliphatic heterocycles. The monoisotopic (exact) mass is 911 g/mol. The van der Waals surface area contributed by atoms with Crippen LogP contribution in [0.2, 0.25) is 0 Å². The molecule has 0 saturated heterocycles. The summed E-state index contributed by atoms with van der Waals surface area (Å²) in [7, 11) is 0. The Morgan fingerprint density at radius 3 is 1.80 bits per heavy atom. The third kappa shape index (κ3) is 6.24. The van der Waals surface area contributed by atoms with E-state index in [1.165, 1.54) is 33.4 Å². The van der Waals surface area contributed by atoms with Crippen molar-refractivity contribution >= 4 is 27.6 Å². The predicted octanol–water partition coefficient (Wildman–Crippen LogP) is 15.6. The second kappa shape index (κ2) is 15.8. The molecule has 6 nitrogen and oxygen atoms in total. The van der Waals surface area contributed by atoms with Crippen molar-refractivity contribution in [1.82, 2.24) is 24.9 Å². The van der Waals surface area contributed by atoms with Crippen LogP contribution in [0.5, 0.6) is 0 Å². The summed E-state index contributed by atoms with van der Waals surface area (Å²) in [5, 5.41) is 0.945. The first-order valence-corrected chi connectivity index (χ1v) is 24.5. The maximum atomic E-state index is 6.66. The summed E-state index contributed by atoms with van der Waals surface area (Å²) in [6.45, 7) is 4.72. The van der Waals surface area contributed by atoms with Crippen molar-refractivity contribution in [1.29, 1.82) is 0 Å². The van der Waals surface area contributed by atoms with Crippen LogP contribution in [0.1, 0.15) is 65.9 Å². The van der Waals surface area contributed by atoms with E-state index in [2.05, 4.69) is 184 Å². The molecule has 0 unspecified atom stereocenters. The number of furan rings is 1. The second-order valence-electron chi connectivity index (χ2n) is 19.4. The molecule has 14 rings (SSSR count). The number of rotatable bonds is 6. The minimum Gasteiger partial charge on any atom is -0.452 e. The highest BCUT2D eigenvalue weighted by molar-refractivity contribution is 6.07. The molecule has 0 saturated carbocycles. The Hall–Kier alpha value is -8.87. The molecule has 0 N–H and O–H groups in total. The van der Waals surface area contributed by atoms with Crippen LogP contribution in [0, 0.1) is 0 Å². The van der Waals surface area contributed by atoms with Crippen LogP contribution in [0.15, 0.2) is 217 Å². The summed E-state index contributed by atoms with van der Waals surface area (Å²) in [6.07, 6.45) is 8.52. The van der Waals surface area contributed by atoms with E-state index in [0.29, 0.717) is 28.9 Å². The molecule has 3 aliphatic rings. The number of aromatic nitrogens is 5. The van der Waals surface area contributed by atoms with Crippen molar-refractivity contribution in [3.63, 3.8) is 0 Å². The quantitative estimate of drug-likeness (QED) is 0.165. The summed E-state index contributed by atoms with van der Waals surface area (Å²) >= 11 is 0. The average Bonchev–Trinajstić information content (AvgIpc) is 3.97. The fourth-order valence-corrected chi connectivity index (χ4v) is 11.8. The molecule has 6 heteroatoms. The first-order chi connectivity index (χ1) is 34.9. The number of benzene rings is 8. The molecule has 71 heavy (non-hydrogen) atoms. The Labute approximate surface area is 411 Å². The van der Waals surface area contributed by atoms with Gasteiger partial charge in [-0.25, -0.2) is 24.9 Å². The molecular formula is C65H45N5O. The van der Waals surface area contributed by atoms with Crippen LogP contribution in [0.3, 0.4) is 0 Å². The Morgan fingerprint density at radius 2 is 1.04 bits per heavy atom. The molecule has 0 radical (unpaired) electrons. The SMILES string of the molecule is CC1(C)c2ccccc2C2(c3ccc(-c4nc(-c5cccc(-c6ccccc6)c5)c5oc6ccccc6c5n4)cc3-c3c(-c4nc(C5=CCCC=C5)nc(-c5ccccc5)n4)cccc32)c2ccccc21. The van der Waals surface area contributed by atoms with Crippen LogP contribution in [0.4, 0.5) is 0 Å². The van der Waals surface area contributed by atoms with Gasteiger partial charge in [-0.05, 0) is 92.7 Å². The van der Waals surface area contributed by atoms with Gasteiger partial charge in [-0.2, -0.15) is 0 Å². The standard InChI is InChI=1S/C65H45N5O/c1-64(2)50-30-13-15-32-52(50)65(53-33-16-14-31-51(53)64)49-37-36-45(62-66-57(59-58(67-62)46-28-12-17-35-55(46)71-59)44-27-18-26-43(38-44)40-20-6-3-7-21-40)39-48(49)56-47(29-19-34-54(56)65)63-69-60(41-22-8-4-9-23-41)68-61(70-63)42-24-10-5-11-25-42/h3-4,6-10,12-39H,5,11H2,1-2H3. The lowest BCUT2D eigenvalue weighted by Gasteiger charge is -2.46. The third-order valence-corrected chi connectivity index (χ3v) is 15.1. The maximum absolute atomic E-state index is 6.66. The number of hydrogen-bond acceptors (Lipinski definition) is 6. The van der Waals surface area contributed by atoms with Gasteiger partial charge in [-0.15, -0.1) is 0 Å². The normalized spacial score (nSPS) is 14.8. The molecule has 336 valence electrons. The largest absolute Gasteiger partial charge is 0.452 e. The Balaban J connectivity index is 1.06.